The number of halogens is 1. The summed E-state index contributed by atoms with van der Waals surface area (Å²) in [4.78, 5) is 0.236. The maximum atomic E-state index is 12.8. The van der Waals surface area contributed by atoms with Gasteiger partial charge in [0, 0.05) is 4.47 Å². The van der Waals surface area contributed by atoms with Crippen LogP contribution >= 0.6 is 15.9 Å². The maximum Gasteiger partial charge on any atom is 0.265 e. The van der Waals surface area contributed by atoms with Crippen LogP contribution in [0.5, 0.6) is 0 Å². The standard InChI is InChI=1S/C16H22BrN3O2S/c1-10-7-8-14(13(17)9-10)19-23(21,22)15-11(2)18-20(12(15)3)16(4,5)6/h7-9,19H,1-6H3. The molecule has 2 rings (SSSR count). The fourth-order valence-electron chi connectivity index (χ4n) is 2.57. The van der Waals surface area contributed by atoms with E-state index < -0.39 is 10.0 Å². The molecule has 0 amide bonds. The van der Waals surface area contributed by atoms with Gasteiger partial charge in [-0.1, -0.05) is 6.07 Å². The monoisotopic (exact) mass is 399 g/mol. The molecule has 0 unspecified atom stereocenters. The van der Waals surface area contributed by atoms with Gasteiger partial charge in [-0.25, -0.2) is 8.42 Å². The number of hydrogen-bond donors (Lipinski definition) is 1. The Morgan fingerprint density at radius 3 is 2.26 bits per heavy atom. The number of nitrogens with one attached hydrogen (secondary N) is 1. The second-order valence-electron chi connectivity index (χ2n) is 6.67. The summed E-state index contributed by atoms with van der Waals surface area (Å²) in [5, 5.41) is 4.41. The highest BCUT2D eigenvalue weighted by atomic mass is 79.9. The summed E-state index contributed by atoms with van der Waals surface area (Å²) in [6, 6.07) is 5.48. The molecule has 0 aliphatic rings. The first-order valence-corrected chi connectivity index (χ1v) is 9.57. The van der Waals surface area contributed by atoms with Gasteiger partial charge in [0.15, 0.2) is 0 Å². The number of sulfonamides is 1. The number of anilines is 1. The Morgan fingerprint density at radius 1 is 1.17 bits per heavy atom. The smallest absolute Gasteiger partial charge is 0.265 e. The molecule has 7 heteroatoms. The van der Waals surface area contributed by atoms with Gasteiger partial charge in [0.1, 0.15) is 4.90 Å². The lowest BCUT2D eigenvalue weighted by Crippen LogP contribution is -2.25. The fourth-order valence-corrected chi connectivity index (χ4v) is 4.77. The lowest BCUT2D eigenvalue weighted by molar-refractivity contribution is 0.345. The second-order valence-corrected chi connectivity index (χ2v) is 9.14. The molecule has 2 aromatic rings. The Balaban J connectivity index is 2.51. The molecular formula is C16H22BrN3O2S. The first-order chi connectivity index (χ1) is 10.4. The van der Waals surface area contributed by atoms with Crippen LogP contribution in [0.3, 0.4) is 0 Å². The van der Waals surface area contributed by atoms with Crippen LogP contribution < -0.4 is 4.72 Å². The van der Waals surface area contributed by atoms with E-state index in [2.05, 4.69) is 25.8 Å². The number of hydrogen-bond acceptors (Lipinski definition) is 3. The van der Waals surface area contributed by atoms with Crippen molar-refractivity contribution in [3.05, 3.63) is 39.6 Å². The molecule has 0 saturated heterocycles. The molecule has 23 heavy (non-hydrogen) atoms. The van der Waals surface area contributed by atoms with E-state index in [4.69, 9.17) is 0 Å². The van der Waals surface area contributed by atoms with Crippen molar-refractivity contribution in [3.8, 4) is 0 Å². The van der Waals surface area contributed by atoms with Crippen molar-refractivity contribution < 1.29 is 8.42 Å². The van der Waals surface area contributed by atoms with E-state index >= 15 is 0 Å². The van der Waals surface area contributed by atoms with Crippen molar-refractivity contribution in [1.82, 2.24) is 9.78 Å². The summed E-state index contributed by atoms with van der Waals surface area (Å²) >= 11 is 3.40. The van der Waals surface area contributed by atoms with E-state index in [-0.39, 0.29) is 10.4 Å². The average Bonchev–Trinajstić information content (AvgIpc) is 2.68. The number of aryl methyl sites for hydroxylation is 2. The van der Waals surface area contributed by atoms with Gasteiger partial charge in [-0.15, -0.1) is 0 Å². The number of aromatic nitrogens is 2. The molecule has 0 radical (unpaired) electrons. The predicted octanol–water partition coefficient (Wildman–Crippen LogP) is 4.13. The first kappa shape index (κ1) is 18.0. The lowest BCUT2D eigenvalue weighted by Gasteiger charge is -2.21. The van der Waals surface area contributed by atoms with Crippen LogP contribution in [0, 0.1) is 20.8 Å². The maximum absolute atomic E-state index is 12.8. The summed E-state index contributed by atoms with van der Waals surface area (Å²) in [6.45, 7) is 11.4. The van der Waals surface area contributed by atoms with Crippen molar-refractivity contribution in [2.24, 2.45) is 0 Å². The zero-order chi connectivity index (χ0) is 17.6. The van der Waals surface area contributed by atoms with E-state index in [9.17, 15) is 8.42 Å². The highest BCUT2D eigenvalue weighted by molar-refractivity contribution is 9.10. The van der Waals surface area contributed by atoms with E-state index in [1.54, 1.807) is 24.6 Å². The topological polar surface area (TPSA) is 64.0 Å². The number of benzene rings is 1. The van der Waals surface area contributed by atoms with Gasteiger partial charge in [0.2, 0.25) is 0 Å². The zero-order valence-electron chi connectivity index (χ0n) is 14.2. The third-order valence-corrected chi connectivity index (χ3v) is 5.77. The van der Waals surface area contributed by atoms with Gasteiger partial charge >= 0.3 is 0 Å². The number of nitrogens with zero attached hydrogens (tertiary/aromatic N) is 2. The van der Waals surface area contributed by atoms with Crippen molar-refractivity contribution in [2.75, 3.05) is 4.72 Å². The van der Waals surface area contributed by atoms with Crippen molar-refractivity contribution in [1.29, 1.82) is 0 Å². The average molecular weight is 400 g/mol. The van der Waals surface area contributed by atoms with Gasteiger partial charge in [-0.05, 0) is 75.2 Å². The third-order valence-electron chi connectivity index (χ3n) is 3.50. The van der Waals surface area contributed by atoms with E-state index in [1.165, 1.54) is 0 Å². The SMILES string of the molecule is Cc1ccc(NS(=O)(=O)c2c(C)nn(C(C)(C)C)c2C)c(Br)c1. The Morgan fingerprint density at radius 2 is 1.78 bits per heavy atom. The normalized spacial score (nSPS) is 12.5. The largest absolute Gasteiger partial charge is 0.278 e. The Kier molecular flexibility index (Phi) is 4.65. The van der Waals surface area contributed by atoms with Crippen LogP contribution in [0.1, 0.15) is 37.7 Å². The Hall–Kier alpha value is -1.34. The summed E-state index contributed by atoms with van der Waals surface area (Å²) in [5.41, 5.74) is 2.40. The molecular weight excluding hydrogens is 378 g/mol. The molecule has 0 saturated carbocycles. The highest BCUT2D eigenvalue weighted by Gasteiger charge is 2.28. The Bertz CT molecular complexity index is 849. The van der Waals surface area contributed by atoms with Gasteiger partial charge in [-0.3, -0.25) is 9.40 Å². The molecule has 1 aromatic carbocycles. The molecule has 0 aliphatic heterocycles. The van der Waals surface area contributed by atoms with E-state index in [0.717, 1.165) is 5.56 Å². The molecule has 0 atom stereocenters. The Labute approximate surface area is 146 Å². The van der Waals surface area contributed by atoms with Crippen molar-refractivity contribution in [2.45, 2.75) is 52.0 Å². The molecule has 0 bridgehead atoms. The molecule has 1 heterocycles. The molecule has 0 fully saturated rings. The summed E-state index contributed by atoms with van der Waals surface area (Å²) in [7, 11) is -3.71. The highest BCUT2D eigenvalue weighted by Crippen LogP contribution is 2.29. The van der Waals surface area contributed by atoms with E-state index in [0.29, 0.717) is 21.5 Å². The first-order valence-electron chi connectivity index (χ1n) is 7.29. The van der Waals surface area contributed by atoms with Crippen molar-refractivity contribution >= 4 is 31.6 Å². The minimum Gasteiger partial charge on any atom is -0.278 e. The molecule has 1 N–H and O–H groups in total. The zero-order valence-corrected chi connectivity index (χ0v) is 16.6. The van der Waals surface area contributed by atoms with Crippen LogP contribution in [0.4, 0.5) is 5.69 Å². The van der Waals surface area contributed by atoms with Crippen LogP contribution in [0.15, 0.2) is 27.6 Å². The van der Waals surface area contributed by atoms with Crippen LogP contribution in [0.2, 0.25) is 0 Å². The van der Waals surface area contributed by atoms with Crippen LogP contribution in [0.25, 0.3) is 0 Å². The predicted molar refractivity (Wildman–Crippen MR) is 96.4 cm³/mol. The van der Waals surface area contributed by atoms with Crippen LogP contribution in [-0.4, -0.2) is 18.2 Å². The second kappa shape index (κ2) is 5.94. The fraction of sp³-hybridized carbons (Fsp3) is 0.438. The van der Waals surface area contributed by atoms with E-state index in [1.807, 2.05) is 39.8 Å². The summed E-state index contributed by atoms with van der Waals surface area (Å²) < 4.78 is 30.8. The van der Waals surface area contributed by atoms with Crippen LogP contribution in [-0.2, 0) is 15.6 Å². The molecule has 0 spiro atoms. The number of rotatable bonds is 3. The minimum absolute atomic E-state index is 0.236. The van der Waals surface area contributed by atoms with Gasteiger partial charge in [0.05, 0.1) is 22.6 Å². The van der Waals surface area contributed by atoms with Gasteiger partial charge in [-0.2, -0.15) is 5.10 Å². The minimum atomic E-state index is -3.71. The lowest BCUT2D eigenvalue weighted by atomic mass is 10.1. The third kappa shape index (κ3) is 3.61. The quantitative estimate of drug-likeness (QED) is 0.843. The molecule has 0 aliphatic carbocycles. The molecule has 5 nitrogen and oxygen atoms in total. The van der Waals surface area contributed by atoms with Gasteiger partial charge in [0.25, 0.3) is 10.0 Å². The van der Waals surface area contributed by atoms with Crippen molar-refractivity contribution in [3.63, 3.8) is 0 Å². The summed E-state index contributed by atoms with van der Waals surface area (Å²) in [5.74, 6) is 0. The summed E-state index contributed by atoms with van der Waals surface area (Å²) in [6.07, 6.45) is 0. The van der Waals surface area contributed by atoms with Gasteiger partial charge < -0.3 is 0 Å². The molecule has 126 valence electrons. The molecule has 1 aromatic heterocycles.